The minimum atomic E-state index is -1.61. The van der Waals surface area contributed by atoms with Crippen LogP contribution in [0.5, 0.6) is 0 Å². The number of amides is 2. The summed E-state index contributed by atoms with van der Waals surface area (Å²) >= 11 is 0. The molecule has 0 aliphatic carbocycles. The van der Waals surface area contributed by atoms with Gasteiger partial charge >= 0.3 is 0 Å². The van der Waals surface area contributed by atoms with E-state index in [1.165, 1.54) is 20.0 Å². The van der Waals surface area contributed by atoms with E-state index in [-0.39, 0.29) is 24.1 Å². The lowest BCUT2D eigenvalue weighted by Gasteiger charge is -2.23. The van der Waals surface area contributed by atoms with Gasteiger partial charge in [0.05, 0.1) is 23.4 Å². The zero-order valence-corrected chi connectivity index (χ0v) is 21.4. The molecule has 3 aromatic rings. The van der Waals surface area contributed by atoms with E-state index < -0.39 is 17.7 Å². The van der Waals surface area contributed by atoms with Gasteiger partial charge in [-0.25, -0.2) is 14.4 Å². The fourth-order valence-corrected chi connectivity index (χ4v) is 3.58. The summed E-state index contributed by atoms with van der Waals surface area (Å²) in [4.78, 5) is 33.6. The fraction of sp³-hybridized carbons (Fsp3) is 0.462. The van der Waals surface area contributed by atoms with E-state index in [0.717, 1.165) is 17.4 Å². The van der Waals surface area contributed by atoms with E-state index in [0.29, 0.717) is 30.1 Å². The largest absolute Gasteiger partial charge is 0.387 e. The first-order valence-corrected chi connectivity index (χ1v) is 12.1. The number of fused-ring (bicyclic) bond motifs is 1. The zero-order chi connectivity index (χ0) is 26.5. The smallest absolute Gasteiger partial charge is 0.255 e. The van der Waals surface area contributed by atoms with Crippen molar-refractivity contribution in [1.82, 2.24) is 25.2 Å². The number of nitrogens with one attached hydrogen (secondary N) is 3. The minimum absolute atomic E-state index is 0.00999. The monoisotopic (exact) mass is 498 g/mol. The highest BCUT2D eigenvalue weighted by Gasteiger charge is 2.27. The molecule has 0 saturated heterocycles. The summed E-state index contributed by atoms with van der Waals surface area (Å²) in [6, 6.07) is 5.66. The second-order valence-corrected chi connectivity index (χ2v) is 9.69. The molecule has 0 radical (unpaired) electrons. The van der Waals surface area contributed by atoms with Crippen molar-refractivity contribution in [3.8, 4) is 5.82 Å². The average Bonchev–Trinajstić information content (AvgIpc) is 3.23. The molecule has 4 N–H and O–H groups in total. The summed E-state index contributed by atoms with van der Waals surface area (Å²) in [5.74, 6) is 0.0752. The Labute approximate surface area is 210 Å². The molecule has 3 aromatic heterocycles. The molecule has 0 fully saturated rings. The van der Waals surface area contributed by atoms with E-state index >= 15 is 0 Å². The lowest BCUT2D eigenvalue weighted by Crippen LogP contribution is -2.42. The van der Waals surface area contributed by atoms with Crippen LogP contribution in [0, 0.1) is 0 Å². The first kappa shape index (κ1) is 27.1. The summed E-state index contributed by atoms with van der Waals surface area (Å²) in [7, 11) is 0. The van der Waals surface area contributed by atoms with E-state index in [2.05, 4.69) is 25.9 Å². The van der Waals surface area contributed by atoms with Gasteiger partial charge in [-0.1, -0.05) is 6.92 Å². The van der Waals surface area contributed by atoms with Crippen LogP contribution in [0.15, 0.2) is 36.8 Å². The quantitative estimate of drug-likeness (QED) is 0.321. The Morgan fingerprint density at radius 2 is 1.92 bits per heavy atom. The van der Waals surface area contributed by atoms with Gasteiger partial charge in [-0.15, -0.1) is 0 Å². The molecule has 3 rings (SSSR count). The Balaban J connectivity index is 1.84. The molecule has 10 heteroatoms. The minimum Gasteiger partial charge on any atom is -0.387 e. The van der Waals surface area contributed by atoms with Crippen LogP contribution in [0.3, 0.4) is 0 Å². The lowest BCUT2D eigenvalue weighted by atomic mass is 10.0. The van der Waals surface area contributed by atoms with Gasteiger partial charge in [0, 0.05) is 49.1 Å². The van der Waals surface area contributed by atoms with Gasteiger partial charge in [-0.3, -0.25) is 14.2 Å². The molecule has 2 amide bonds. The van der Waals surface area contributed by atoms with Crippen molar-refractivity contribution >= 4 is 28.5 Å². The summed E-state index contributed by atoms with van der Waals surface area (Å²) < 4.78 is 15.9. The Bertz CT molecular complexity index is 1220. The Hall–Kier alpha value is -3.53. The zero-order valence-electron chi connectivity index (χ0n) is 21.4. The number of hydrogen-bond donors (Lipinski definition) is 4. The first-order chi connectivity index (χ1) is 17.0. The third-order valence-corrected chi connectivity index (χ3v) is 5.58. The number of anilines is 1. The Morgan fingerprint density at radius 1 is 1.17 bits per heavy atom. The summed E-state index contributed by atoms with van der Waals surface area (Å²) in [5, 5.41) is 19.3. The second kappa shape index (κ2) is 11.5. The number of nitrogens with zero attached hydrogens (tertiary/aromatic N) is 3. The number of carbonyl (C=O) groups is 2. The Morgan fingerprint density at radius 3 is 2.58 bits per heavy atom. The number of rotatable bonds is 11. The van der Waals surface area contributed by atoms with Crippen LogP contribution in [0.25, 0.3) is 16.9 Å². The number of aromatic nitrogens is 3. The maximum absolute atomic E-state index is 14.1. The van der Waals surface area contributed by atoms with Crippen molar-refractivity contribution in [3.05, 3.63) is 47.9 Å². The van der Waals surface area contributed by atoms with Crippen LogP contribution in [-0.4, -0.2) is 55.8 Å². The number of alkyl halides is 1. The number of aliphatic hydroxyl groups is 1. The second-order valence-electron chi connectivity index (χ2n) is 9.69. The molecule has 36 heavy (non-hydrogen) atoms. The molecule has 0 spiro atoms. The SMILES string of the molecule is CCCC(=O)NCc1cnc2c(ccn2-c2cc(NC(C)C)c(C(=O)NC[C@@H](F)C(C)(C)O)cn2)c1. The topological polar surface area (TPSA) is 121 Å². The van der Waals surface area contributed by atoms with Crippen LogP contribution in [-0.2, 0) is 11.3 Å². The van der Waals surface area contributed by atoms with Crippen LogP contribution < -0.4 is 16.0 Å². The van der Waals surface area contributed by atoms with Gasteiger partial charge in [0.1, 0.15) is 17.6 Å². The first-order valence-electron chi connectivity index (χ1n) is 12.1. The summed E-state index contributed by atoms with van der Waals surface area (Å²) in [5.41, 5.74) is 0.833. The molecule has 0 aromatic carbocycles. The summed E-state index contributed by atoms with van der Waals surface area (Å²) in [6.07, 6.45) is 4.68. The van der Waals surface area contributed by atoms with Crippen LogP contribution in [0.2, 0.25) is 0 Å². The maximum atomic E-state index is 14.1. The molecular weight excluding hydrogens is 463 g/mol. The molecule has 194 valence electrons. The van der Waals surface area contributed by atoms with Gasteiger partial charge in [-0.2, -0.15) is 0 Å². The highest BCUT2D eigenvalue weighted by molar-refractivity contribution is 5.99. The molecule has 0 aliphatic rings. The number of halogens is 1. The average molecular weight is 499 g/mol. The molecule has 3 heterocycles. The number of carbonyl (C=O) groups excluding carboxylic acids is 2. The van der Waals surface area contributed by atoms with E-state index in [4.69, 9.17) is 0 Å². The highest BCUT2D eigenvalue weighted by atomic mass is 19.1. The molecule has 0 bridgehead atoms. The van der Waals surface area contributed by atoms with Crippen molar-refractivity contribution in [2.24, 2.45) is 0 Å². The predicted octanol–water partition coefficient (Wildman–Crippen LogP) is 3.50. The van der Waals surface area contributed by atoms with Gasteiger partial charge in [0.25, 0.3) is 5.91 Å². The van der Waals surface area contributed by atoms with Crippen molar-refractivity contribution in [3.63, 3.8) is 0 Å². The standard InChI is InChI=1S/C26H35FN6O3/c1-6-7-23(34)29-12-17-10-18-8-9-33(24(18)30-13-17)22-11-20(32-16(2)3)19(14-28-22)25(35)31-15-21(27)26(4,5)36/h8-11,13-14,16,21,36H,6-7,12,15H2,1-5H3,(H,28,32)(H,29,34)(H,31,35)/t21-/m1/s1. The fourth-order valence-electron chi connectivity index (χ4n) is 3.58. The van der Waals surface area contributed by atoms with Crippen LogP contribution in [0.4, 0.5) is 10.1 Å². The normalized spacial score (nSPS) is 12.6. The van der Waals surface area contributed by atoms with Crippen LogP contribution >= 0.6 is 0 Å². The van der Waals surface area contributed by atoms with Gasteiger partial charge in [-0.05, 0) is 51.8 Å². The molecule has 0 aliphatic heterocycles. The molecule has 9 nitrogen and oxygen atoms in total. The predicted molar refractivity (Wildman–Crippen MR) is 138 cm³/mol. The van der Waals surface area contributed by atoms with Gasteiger partial charge in [0.15, 0.2) is 0 Å². The van der Waals surface area contributed by atoms with Gasteiger partial charge in [0.2, 0.25) is 5.91 Å². The molecule has 0 unspecified atom stereocenters. The molecule has 1 atom stereocenters. The molecule has 0 saturated carbocycles. The van der Waals surface area contributed by atoms with Crippen molar-refractivity contribution in [2.45, 2.75) is 71.8 Å². The third-order valence-electron chi connectivity index (χ3n) is 5.58. The number of pyridine rings is 2. The maximum Gasteiger partial charge on any atom is 0.255 e. The van der Waals surface area contributed by atoms with E-state index in [9.17, 15) is 19.1 Å². The van der Waals surface area contributed by atoms with Crippen molar-refractivity contribution in [2.75, 3.05) is 11.9 Å². The van der Waals surface area contributed by atoms with Gasteiger partial charge < -0.3 is 21.1 Å². The highest BCUT2D eigenvalue weighted by Crippen LogP contribution is 2.24. The van der Waals surface area contributed by atoms with Crippen LogP contribution in [0.1, 0.15) is 63.4 Å². The third kappa shape index (κ3) is 6.78. The van der Waals surface area contributed by atoms with E-state index in [1.54, 1.807) is 12.3 Å². The number of hydrogen-bond acceptors (Lipinski definition) is 6. The van der Waals surface area contributed by atoms with Crippen molar-refractivity contribution in [1.29, 1.82) is 0 Å². The Kier molecular flexibility index (Phi) is 8.62. The molecular formula is C26H35FN6O3. The van der Waals surface area contributed by atoms with Crippen molar-refractivity contribution < 1.29 is 19.1 Å². The van der Waals surface area contributed by atoms with E-state index in [1.807, 2.05) is 43.7 Å². The lowest BCUT2D eigenvalue weighted by molar-refractivity contribution is -0.121. The summed E-state index contributed by atoms with van der Waals surface area (Å²) in [6.45, 7) is 8.65.